The Morgan fingerprint density at radius 1 is 0.774 bits per heavy atom. The van der Waals surface area contributed by atoms with Crippen LogP contribution >= 0.6 is 0 Å². The molecule has 0 saturated carbocycles. The smallest absolute Gasteiger partial charge is 0.227 e. The monoisotopic (exact) mass is 403 g/mol. The molecule has 3 heterocycles. The number of hydrogen-bond acceptors (Lipinski definition) is 4. The van der Waals surface area contributed by atoms with Crippen LogP contribution in [0.5, 0.6) is 0 Å². The lowest BCUT2D eigenvalue weighted by molar-refractivity contribution is 0.618. The lowest BCUT2D eigenvalue weighted by Crippen LogP contribution is -2.30. The van der Waals surface area contributed by atoms with Crippen molar-refractivity contribution in [1.82, 2.24) is 9.97 Å². The van der Waals surface area contributed by atoms with Crippen molar-refractivity contribution >= 4 is 28.2 Å². The molecule has 1 aliphatic rings. The van der Waals surface area contributed by atoms with Crippen molar-refractivity contribution in [1.29, 1.82) is 0 Å². The van der Waals surface area contributed by atoms with Gasteiger partial charge < -0.3 is 9.32 Å². The molecule has 31 heavy (non-hydrogen) atoms. The summed E-state index contributed by atoms with van der Waals surface area (Å²) in [6.45, 7) is 4.60. The summed E-state index contributed by atoms with van der Waals surface area (Å²) in [4.78, 5) is 11.0. The van der Waals surface area contributed by atoms with Crippen LogP contribution in [0.15, 0.2) is 95.7 Å². The van der Waals surface area contributed by atoms with Gasteiger partial charge in [0.05, 0.1) is 17.6 Å². The number of para-hydroxylation sites is 2. The molecule has 0 bridgehead atoms. The Morgan fingerprint density at radius 2 is 1.42 bits per heavy atom. The fraction of sp³-hybridized carbons (Fsp3) is 0.111. The molecule has 1 aliphatic heterocycles. The molecule has 0 atom stereocenters. The quantitative estimate of drug-likeness (QED) is 0.318. The minimum Gasteiger partial charge on any atom is -0.434 e. The standard InChI is InChI=1S/C27H21N3O/c1-27(2)20-7-3-5-9-23(20)30(24-10-6-4-8-21(24)27)19-13-11-18(12-14-19)26-29-22-15-16-28-17-25(22)31-26/h3-17H,1-2H3. The van der Waals surface area contributed by atoms with Crippen LogP contribution in [-0.2, 0) is 5.41 Å². The highest BCUT2D eigenvalue weighted by molar-refractivity contribution is 5.86. The van der Waals surface area contributed by atoms with Crippen LogP contribution in [0.1, 0.15) is 25.0 Å². The van der Waals surface area contributed by atoms with Crippen molar-refractivity contribution in [2.45, 2.75) is 19.3 Å². The number of aromatic nitrogens is 2. The first-order chi connectivity index (χ1) is 15.1. The van der Waals surface area contributed by atoms with Crippen LogP contribution in [0.25, 0.3) is 22.6 Å². The fourth-order valence-electron chi connectivity index (χ4n) is 4.60. The maximum absolute atomic E-state index is 5.89. The molecular formula is C27H21N3O. The number of benzene rings is 3. The highest BCUT2D eigenvalue weighted by Gasteiger charge is 2.36. The summed E-state index contributed by atoms with van der Waals surface area (Å²) < 4.78 is 5.89. The van der Waals surface area contributed by atoms with Crippen molar-refractivity contribution in [3.05, 3.63) is 102 Å². The van der Waals surface area contributed by atoms with Crippen molar-refractivity contribution in [3.63, 3.8) is 0 Å². The number of nitrogens with zero attached hydrogens (tertiary/aromatic N) is 3. The summed E-state index contributed by atoms with van der Waals surface area (Å²) in [5, 5.41) is 0. The summed E-state index contributed by atoms with van der Waals surface area (Å²) in [5.41, 5.74) is 8.58. The zero-order chi connectivity index (χ0) is 21.0. The second-order valence-electron chi connectivity index (χ2n) is 8.40. The van der Waals surface area contributed by atoms with Gasteiger partial charge in [-0.1, -0.05) is 50.2 Å². The molecule has 0 amide bonds. The molecule has 0 fully saturated rings. The molecule has 0 aliphatic carbocycles. The Hall–Kier alpha value is -3.92. The van der Waals surface area contributed by atoms with Crippen LogP contribution in [-0.4, -0.2) is 9.97 Å². The highest BCUT2D eigenvalue weighted by atomic mass is 16.3. The highest BCUT2D eigenvalue weighted by Crippen LogP contribution is 2.51. The Morgan fingerprint density at radius 3 is 2.06 bits per heavy atom. The third-order valence-corrected chi connectivity index (χ3v) is 6.20. The van der Waals surface area contributed by atoms with Gasteiger partial charge in [0.25, 0.3) is 0 Å². The molecule has 150 valence electrons. The molecule has 0 radical (unpaired) electrons. The average molecular weight is 403 g/mol. The summed E-state index contributed by atoms with van der Waals surface area (Å²) in [7, 11) is 0. The molecule has 2 aromatic heterocycles. The number of rotatable bonds is 2. The Labute approximate surface area is 180 Å². The minimum absolute atomic E-state index is 0.0597. The predicted octanol–water partition coefficient (Wildman–Crippen LogP) is 7.00. The van der Waals surface area contributed by atoms with Gasteiger partial charge >= 0.3 is 0 Å². The van der Waals surface area contributed by atoms with Gasteiger partial charge in [-0.25, -0.2) is 4.98 Å². The van der Waals surface area contributed by atoms with E-state index in [0.717, 1.165) is 16.8 Å². The number of anilines is 3. The third kappa shape index (κ3) is 2.68. The zero-order valence-electron chi connectivity index (χ0n) is 17.4. The molecule has 4 heteroatoms. The number of oxazole rings is 1. The Balaban J connectivity index is 1.47. The molecule has 0 unspecified atom stereocenters. The Kier molecular flexibility index (Phi) is 3.78. The van der Waals surface area contributed by atoms with E-state index in [1.165, 1.54) is 22.5 Å². The molecule has 3 aromatic carbocycles. The fourth-order valence-corrected chi connectivity index (χ4v) is 4.60. The SMILES string of the molecule is CC1(C)c2ccccc2N(c2ccc(-c3nc4ccncc4o3)cc2)c2ccccc21. The number of pyridine rings is 1. The molecule has 4 nitrogen and oxygen atoms in total. The van der Waals surface area contributed by atoms with E-state index in [1.54, 1.807) is 12.4 Å². The molecular weight excluding hydrogens is 382 g/mol. The second kappa shape index (κ2) is 6.54. The van der Waals surface area contributed by atoms with Crippen LogP contribution in [0.3, 0.4) is 0 Å². The summed E-state index contributed by atoms with van der Waals surface area (Å²) >= 11 is 0. The largest absolute Gasteiger partial charge is 0.434 e. The number of fused-ring (bicyclic) bond motifs is 3. The number of hydrogen-bond donors (Lipinski definition) is 0. The first-order valence-electron chi connectivity index (χ1n) is 10.4. The van der Waals surface area contributed by atoms with Gasteiger partial charge in [-0.15, -0.1) is 0 Å². The molecule has 0 saturated heterocycles. The summed E-state index contributed by atoms with van der Waals surface area (Å²) in [6.07, 6.45) is 3.42. The summed E-state index contributed by atoms with van der Waals surface area (Å²) in [6, 6.07) is 27.6. The predicted molar refractivity (Wildman–Crippen MR) is 124 cm³/mol. The van der Waals surface area contributed by atoms with E-state index in [4.69, 9.17) is 4.42 Å². The van der Waals surface area contributed by atoms with Gasteiger partial charge in [0.2, 0.25) is 5.89 Å². The second-order valence-corrected chi connectivity index (χ2v) is 8.40. The summed E-state index contributed by atoms with van der Waals surface area (Å²) in [5.74, 6) is 0.607. The van der Waals surface area contributed by atoms with Crippen LogP contribution in [0.2, 0.25) is 0 Å². The molecule has 0 N–H and O–H groups in total. The zero-order valence-corrected chi connectivity index (χ0v) is 17.4. The first kappa shape index (κ1) is 17.9. The van der Waals surface area contributed by atoms with E-state index in [1.807, 2.05) is 6.07 Å². The average Bonchev–Trinajstić information content (AvgIpc) is 3.24. The van der Waals surface area contributed by atoms with Gasteiger partial charge in [-0.2, -0.15) is 0 Å². The topological polar surface area (TPSA) is 42.2 Å². The lowest BCUT2D eigenvalue weighted by atomic mass is 9.73. The van der Waals surface area contributed by atoms with Gasteiger partial charge in [-0.3, -0.25) is 4.98 Å². The van der Waals surface area contributed by atoms with Gasteiger partial charge in [-0.05, 0) is 53.6 Å². The minimum atomic E-state index is -0.0597. The lowest BCUT2D eigenvalue weighted by Gasteiger charge is -2.42. The van der Waals surface area contributed by atoms with Crippen molar-refractivity contribution in [2.24, 2.45) is 0 Å². The van der Waals surface area contributed by atoms with Crippen LogP contribution < -0.4 is 4.90 Å². The molecule has 5 aromatic rings. The molecule has 6 rings (SSSR count). The molecule has 0 spiro atoms. The van der Waals surface area contributed by atoms with E-state index in [9.17, 15) is 0 Å². The van der Waals surface area contributed by atoms with Crippen molar-refractivity contribution in [2.75, 3.05) is 4.90 Å². The van der Waals surface area contributed by atoms with Crippen LogP contribution in [0, 0.1) is 0 Å². The van der Waals surface area contributed by atoms with E-state index in [2.05, 4.69) is 102 Å². The normalized spacial score (nSPS) is 14.3. The van der Waals surface area contributed by atoms with E-state index in [-0.39, 0.29) is 5.41 Å². The van der Waals surface area contributed by atoms with Gasteiger partial charge in [0.1, 0.15) is 5.52 Å². The first-order valence-corrected chi connectivity index (χ1v) is 10.4. The van der Waals surface area contributed by atoms with Gasteiger partial charge in [0.15, 0.2) is 5.58 Å². The van der Waals surface area contributed by atoms with Crippen molar-refractivity contribution in [3.8, 4) is 11.5 Å². The van der Waals surface area contributed by atoms with Gasteiger partial charge in [0, 0.05) is 22.9 Å². The van der Waals surface area contributed by atoms with Crippen LogP contribution in [0.4, 0.5) is 17.1 Å². The van der Waals surface area contributed by atoms with E-state index >= 15 is 0 Å². The van der Waals surface area contributed by atoms with E-state index < -0.39 is 0 Å². The Bertz CT molecular complexity index is 1330. The van der Waals surface area contributed by atoms with Crippen molar-refractivity contribution < 1.29 is 4.42 Å². The maximum atomic E-state index is 5.89. The van der Waals surface area contributed by atoms with E-state index in [0.29, 0.717) is 11.5 Å². The maximum Gasteiger partial charge on any atom is 0.227 e. The third-order valence-electron chi connectivity index (χ3n) is 6.20.